The lowest BCUT2D eigenvalue weighted by Gasteiger charge is -2.28. The van der Waals surface area contributed by atoms with Gasteiger partial charge < -0.3 is 14.4 Å². The molecule has 0 radical (unpaired) electrons. The second-order valence-electron chi connectivity index (χ2n) is 6.21. The zero-order valence-electron chi connectivity index (χ0n) is 13.8. The predicted molar refractivity (Wildman–Crippen MR) is 77.8 cm³/mol. The Hall–Kier alpha value is -1.80. The van der Waals surface area contributed by atoms with Crippen molar-refractivity contribution in [2.75, 3.05) is 14.1 Å². The molecule has 9 heteroatoms. The summed E-state index contributed by atoms with van der Waals surface area (Å²) in [6.45, 7) is 4.36. The van der Waals surface area contributed by atoms with E-state index in [-0.39, 0.29) is 30.9 Å². The van der Waals surface area contributed by atoms with E-state index in [0.29, 0.717) is 18.8 Å². The summed E-state index contributed by atoms with van der Waals surface area (Å²) < 4.78 is 40.7. The Bertz CT molecular complexity index is 569. The van der Waals surface area contributed by atoms with Crippen LogP contribution >= 0.6 is 0 Å². The first-order chi connectivity index (χ1) is 10.6. The van der Waals surface area contributed by atoms with E-state index in [4.69, 9.17) is 0 Å². The Morgan fingerprint density at radius 1 is 1.35 bits per heavy atom. The molecule has 1 unspecified atom stereocenters. The van der Waals surface area contributed by atoms with Crippen molar-refractivity contribution in [3.8, 4) is 0 Å². The maximum Gasteiger partial charge on any atom is 0.398 e. The summed E-state index contributed by atoms with van der Waals surface area (Å²) in [5.41, 5.74) is 0. The monoisotopic (exact) mass is 333 g/mol. The molecule has 0 bridgehead atoms. The van der Waals surface area contributed by atoms with Crippen LogP contribution in [0.1, 0.15) is 44.3 Å². The molecular weight excluding hydrogens is 311 g/mol. The fourth-order valence-electron chi connectivity index (χ4n) is 2.63. The first-order valence-corrected chi connectivity index (χ1v) is 7.59. The van der Waals surface area contributed by atoms with Crippen molar-refractivity contribution in [1.29, 1.82) is 0 Å². The number of hydrogen-bond donors (Lipinski definition) is 0. The van der Waals surface area contributed by atoms with Gasteiger partial charge in [-0.1, -0.05) is 0 Å². The highest BCUT2D eigenvalue weighted by Crippen LogP contribution is 2.40. The molecule has 0 aromatic carbocycles. The van der Waals surface area contributed by atoms with Crippen LogP contribution < -0.4 is 0 Å². The number of amides is 2. The van der Waals surface area contributed by atoms with E-state index in [1.54, 1.807) is 19.0 Å². The lowest BCUT2D eigenvalue weighted by atomic mass is 9.98. The van der Waals surface area contributed by atoms with Crippen LogP contribution in [0.25, 0.3) is 0 Å². The van der Waals surface area contributed by atoms with Gasteiger partial charge in [0.1, 0.15) is 11.7 Å². The first kappa shape index (κ1) is 17.6. The van der Waals surface area contributed by atoms with E-state index in [1.807, 2.05) is 13.8 Å². The van der Waals surface area contributed by atoms with Crippen LogP contribution in [-0.2, 0) is 13.1 Å². The molecule has 1 aromatic heterocycles. The average Bonchev–Trinajstić information content (AvgIpc) is 2.87. The molecule has 0 saturated heterocycles. The van der Waals surface area contributed by atoms with Gasteiger partial charge in [-0.25, -0.2) is 4.79 Å². The molecular formula is C14H22F3N5O. The second-order valence-corrected chi connectivity index (χ2v) is 6.21. The number of halogens is 3. The fraction of sp³-hybridized carbons (Fsp3) is 0.786. The summed E-state index contributed by atoms with van der Waals surface area (Å²) in [7, 11) is 3.29. The highest BCUT2D eigenvalue weighted by Gasteiger charge is 2.45. The Morgan fingerprint density at radius 2 is 2.00 bits per heavy atom. The van der Waals surface area contributed by atoms with Gasteiger partial charge in [-0.15, -0.1) is 10.2 Å². The van der Waals surface area contributed by atoms with Crippen molar-refractivity contribution in [2.24, 2.45) is 0 Å². The van der Waals surface area contributed by atoms with Crippen molar-refractivity contribution < 1.29 is 18.0 Å². The molecule has 0 aliphatic carbocycles. The molecule has 2 amide bonds. The van der Waals surface area contributed by atoms with Crippen molar-refractivity contribution in [2.45, 2.75) is 57.9 Å². The maximum absolute atomic E-state index is 13.1. The molecule has 2 rings (SSSR count). The second kappa shape index (κ2) is 6.37. The summed E-state index contributed by atoms with van der Waals surface area (Å²) in [6, 6.07) is -0.174. The van der Waals surface area contributed by atoms with Crippen LogP contribution in [0.2, 0.25) is 0 Å². The number of rotatable bonds is 3. The standard InChI is InChI=1S/C14H22F3N5O/c1-9(2)21(4)13(23)20(3)8-11-18-19-12-10(14(15,16)17)6-5-7-22(11)12/h9-10H,5-8H2,1-4H3. The zero-order chi connectivity index (χ0) is 17.4. The largest absolute Gasteiger partial charge is 0.398 e. The molecule has 1 atom stereocenters. The number of aromatic nitrogens is 3. The number of carbonyl (C=O) groups excluding carboxylic acids is 1. The Labute approximate surface area is 133 Å². The molecule has 0 N–H and O–H groups in total. The molecule has 0 spiro atoms. The van der Waals surface area contributed by atoms with Crippen molar-refractivity contribution in [3.05, 3.63) is 11.6 Å². The number of nitrogens with zero attached hydrogens (tertiary/aromatic N) is 5. The van der Waals surface area contributed by atoms with Gasteiger partial charge in [0.05, 0.1) is 6.54 Å². The molecule has 23 heavy (non-hydrogen) atoms. The number of alkyl halides is 3. The smallest absolute Gasteiger partial charge is 0.325 e. The fourth-order valence-corrected chi connectivity index (χ4v) is 2.63. The molecule has 1 aliphatic rings. The van der Waals surface area contributed by atoms with E-state index in [1.165, 1.54) is 9.47 Å². The molecule has 1 aliphatic heterocycles. The van der Waals surface area contributed by atoms with Gasteiger partial charge >= 0.3 is 12.2 Å². The van der Waals surface area contributed by atoms with Gasteiger partial charge in [0.15, 0.2) is 5.82 Å². The minimum Gasteiger partial charge on any atom is -0.325 e. The van der Waals surface area contributed by atoms with Gasteiger partial charge in [0.2, 0.25) is 0 Å². The van der Waals surface area contributed by atoms with Crippen LogP contribution in [0.5, 0.6) is 0 Å². The van der Waals surface area contributed by atoms with Crippen molar-refractivity contribution in [3.63, 3.8) is 0 Å². The number of urea groups is 1. The minimum absolute atomic E-state index is 0.0341. The highest BCUT2D eigenvalue weighted by molar-refractivity contribution is 5.74. The van der Waals surface area contributed by atoms with E-state index in [0.717, 1.165) is 0 Å². The third kappa shape index (κ3) is 3.59. The Morgan fingerprint density at radius 3 is 2.57 bits per heavy atom. The summed E-state index contributed by atoms with van der Waals surface area (Å²) in [6.07, 6.45) is -3.86. The van der Waals surface area contributed by atoms with Crippen LogP contribution in [0.4, 0.5) is 18.0 Å². The topological polar surface area (TPSA) is 54.3 Å². The molecule has 1 aromatic rings. The number of hydrogen-bond acceptors (Lipinski definition) is 3. The van der Waals surface area contributed by atoms with Crippen LogP contribution in [-0.4, -0.2) is 56.9 Å². The quantitative estimate of drug-likeness (QED) is 0.854. The molecule has 130 valence electrons. The molecule has 0 saturated carbocycles. The molecule has 2 heterocycles. The number of fused-ring (bicyclic) bond motifs is 1. The first-order valence-electron chi connectivity index (χ1n) is 7.59. The summed E-state index contributed by atoms with van der Waals surface area (Å²) >= 11 is 0. The zero-order valence-corrected chi connectivity index (χ0v) is 13.8. The van der Waals surface area contributed by atoms with Crippen molar-refractivity contribution in [1.82, 2.24) is 24.6 Å². The highest BCUT2D eigenvalue weighted by atomic mass is 19.4. The Kier molecular flexibility index (Phi) is 4.86. The van der Waals surface area contributed by atoms with Crippen LogP contribution in [0.15, 0.2) is 0 Å². The third-order valence-corrected chi connectivity index (χ3v) is 4.22. The Balaban J connectivity index is 2.17. The van der Waals surface area contributed by atoms with E-state index in [2.05, 4.69) is 10.2 Å². The van der Waals surface area contributed by atoms with Gasteiger partial charge in [0.25, 0.3) is 0 Å². The average molecular weight is 333 g/mol. The SMILES string of the molecule is CC(C)N(C)C(=O)N(C)Cc1nnc2n1CCCC2C(F)(F)F. The minimum atomic E-state index is -4.32. The van der Waals surface area contributed by atoms with Gasteiger partial charge in [-0.2, -0.15) is 13.2 Å². The van der Waals surface area contributed by atoms with Crippen LogP contribution in [0, 0.1) is 0 Å². The molecule has 0 fully saturated rings. The molecule has 6 nitrogen and oxygen atoms in total. The normalized spacial score (nSPS) is 18.0. The van der Waals surface area contributed by atoms with E-state index >= 15 is 0 Å². The van der Waals surface area contributed by atoms with Crippen LogP contribution in [0.3, 0.4) is 0 Å². The maximum atomic E-state index is 13.1. The van der Waals surface area contributed by atoms with Gasteiger partial charge in [-0.3, -0.25) is 0 Å². The third-order valence-electron chi connectivity index (χ3n) is 4.22. The summed E-state index contributed by atoms with van der Waals surface area (Å²) in [5, 5.41) is 7.63. The summed E-state index contributed by atoms with van der Waals surface area (Å²) in [4.78, 5) is 15.2. The van der Waals surface area contributed by atoms with Gasteiger partial charge in [0, 0.05) is 26.7 Å². The van der Waals surface area contributed by atoms with E-state index in [9.17, 15) is 18.0 Å². The van der Waals surface area contributed by atoms with Gasteiger partial charge in [-0.05, 0) is 26.7 Å². The lowest BCUT2D eigenvalue weighted by molar-refractivity contribution is -0.156. The lowest BCUT2D eigenvalue weighted by Crippen LogP contribution is -2.42. The van der Waals surface area contributed by atoms with Crippen molar-refractivity contribution >= 4 is 6.03 Å². The predicted octanol–water partition coefficient (Wildman–Crippen LogP) is 2.61. The summed E-state index contributed by atoms with van der Waals surface area (Å²) in [5.74, 6) is -1.23. The van der Waals surface area contributed by atoms with E-state index < -0.39 is 12.1 Å². The number of carbonyl (C=O) groups is 1.